The van der Waals surface area contributed by atoms with E-state index in [4.69, 9.17) is 15.5 Å². The molecule has 4 aromatic rings. The van der Waals surface area contributed by atoms with Crippen LogP contribution in [0.5, 0.6) is 5.75 Å². The quantitative estimate of drug-likeness (QED) is 0.564. The highest BCUT2D eigenvalue weighted by atomic mass is 32.1. The summed E-state index contributed by atoms with van der Waals surface area (Å²) in [6.45, 7) is 1.95. The topological polar surface area (TPSA) is 78.1 Å². The minimum absolute atomic E-state index is 0.434. The number of thiazole rings is 1. The maximum Gasteiger partial charge on any atom is 0.259 e. The van der Waals surface area contributed by atoms with Crippen molar-refractivity contribution < 1.29 is 9.53 Å². The van der Waals surface area contributed by atoms with Gasteiger partial charge < -0.3 is 10.5 Å². The Balaban J connectivity index is 1.99. The lowest BCUT2D eigenvalue weighted by molar-refractivity contribution is 0.100. The number of fused-ring (bicyclic) bond motifs is 1. The van der Waals surface area contributed by atoms with E-state index in [9.17, 15) is 4.79 Å². The molecule has 7 heteroatoms. The number of methoxy groups -OCH3 is 1. The predicted molar refractivity (Wildman–Crippen MR) is 106 cm³/mol. The largest absolute Gasteiger partial charge is 0.494 e. The lowest BCUT2D eigenvalue weighted by Gasteiger charge is -2.05. The number of ether oxygens (including phenoxy) is 1. The summed E-state index contributed by atoms with van der Waals surface area (Å²) < 4.78 is 6.48. The Morgan fingerprint density at radius 2 is 2.04 bits per heavy atom. The molecule has 0 atom stereocenters. The van der Waals surface area contributed by atoms with Gasteiger partial charge in [-0.1, -0.05) is 6.07 Å². The van der Waals surface area contributed by atoms with Crippen molar-refractivity contribution in [3.05, 3.63) is 52.5 Å². The van der Waals surface area contributed by atoms with Crippen LogP contribution in [0.3, 0.4) is 0 Å². The maximum absolute atomic E-state index is 11.8. The van der Waals surface area contributed by atoms with Gasteiger partial charge in [-0.3, -0.25) is 9.78 Å². The molecule has 26 heavy (non-hydrogen) atoms. The van der Waals surface area contributed by atoms with Gasteiger partial charge in [-0.15, -0.1) is 22.7 Å². The fraction of sp³-hybridized carbons (Fsp3) is 0.105. The number of carbonyl (C=O) groups is 1. The monoisotopic (exact) mass is 381 g/mol. The SMILES string of the molecule is COc1ccc(-c2cccnc2)c2sc(-c3cc(C)sc3C(N)=O)nc12. The van der Waals surface area contributed by atoms with Crippen LogP contribution in [0, 0.1) is 6.92 Å². The molecule has 5 nitrogen and oxygen atoms in total. The maximum atomic E-state index is 11.8. The highest BCUT2D eigenvalue weighted by molar-refractivity contribution is 7.23. The molecule has 3 heterocycles. The molecule has 0 bridgehead atoms. The number of thiophene rings is 1. The number of hydrogen-bond acceptors (Lipinski definition) is 6. The number of nitrogens with zero attached hydrogens (tertiary/aromatic N) is 2. The van der Waals surface area contributed by atoms with Gasteiger partial charge in [0.15, 0.2) is 0 Å². The summed E-state index contributed by atoms with van der Waals surface area (Å²) in [6, 6.07) is 9.78. The molecule has 0 saturated carbocycles. The number of aromatic nitrogens is 2. The van der Waals surface area contributed by atoms with E-state index < -0.39 is 5.91 Å². The first-order valence-corrected chi connectivity index (χ1v) is 9.50. The van der Waals surface area contributed by atoms with E-state index in [1.54, 1.807) is 13.3 Å². The number of carbonyl (C=O) groups excluding carboxylic acids is 1. The Kier molecular flexibility index (Phi) is 4.18. The molecule has 0 spiro atoms. The Hall–Kier alpha value is -2.77. The highest BCUT2D eigenvalue weighted by Crippen LogP contribution is 2.42. The molecule has 130 valence electrons. The number of amides is 1. The van der Waals surface area contributed by atoms with Gasteiger partial charge in [-0.2, -0.15) is 0 Å². The summed E-state index contributed by atoms with van der Waals surface area (Å²) in [5.41, 5.74) is 9.14. The summed E-state index contributed by atoms with van der Waals surface area (Å²) in [4.78, 5) is 22.3. The molecule has 4 rings (SSSR count). The Labute approximate surface area is 158 Å². The number of rotatable bonds is 4. The molecule has 3 aromatic heterocycles. The second-order valence-electron chi connectivity index (χ2n) is 5.72. The summed E-state index contributed by atoms with van der Waals surface area (Å²) in [6.07, 6.45) is 3.57. The van der Waals surface area contributed by atoms with Gasteiger partial charge in [0.05, 0.1) is 11.8 Å². The zero-order valence-electron chi connectivity index (χ0n) is 14.1. The first kappa shape index (κ1) is 16.7. The van der Waals surface area contributed by atoms with Crippen molar-refractivity contribution in [3.8, 4) is 27.4 Å². The minimum Gasteiger partial charge on any atom is -0.494 e. The zero-order chi connectivity index (χ0) is 18.3. The van der Waals surface area contributed by atoms with E-state index in [2.05, 4.69) is 4.98 Å². The summed E-state index contributed by atoms with van der Waals surface area (Å²) in [5, 5.41) is 0.757. The molecule has 1 amide bonds. The van der Waals surface area contributed by atoms with E-state index in [1.807, 2.05) is 43.5 Å². The standard InChI is InChI=1S/C19H15N3O2S2/c1-10-8-13(17(25-10)18(20)23)19-22-15-14(24-2)6-5-12(16(15)26-19)11-4-3-7-21-9-11/h3-9H,1-2H3,(H2,20,23). The third-order valence-electron chi connectivity index (χ3n) is 4.01. The second kappa shape index (κ2) is 6.51. The molecule has 0 saturated heterocycles. The van der Waals surface area contributed by atoms with Crippen molar-refractivity contribution in [3.63, 3.8) is 0 Å². The van der Waals surface area contributed by atoms with E-state index in [1.165, 1.54) is 22.7 Å². The van der Waals surface area contributed by atoms with E-state index >= 15 is 0 Å². The molecule has 0 aliphatic carbocycles. The molecule has 0 fully saturated rings. The third-order valence-corrected chi connectivity index (χ3v) is 6.20. The third kappa shape index (κ3) is 2.75. The summed E-state index contributed by atoms with van der Waals surface area (Å²) >= 11 is 2.91. The number of primary amides is 1. The van der Waals surface area contributed by atoms with Gasteiger partial charge in [0.1, 0.15) is 21.2 Å². The van der Waals surface area contributed by atoms with Crippen LogP contribution in [-0.2, 0) is 0 Å². The smallest absolute Gasteiger partial charge is 0.259 e. The van der Waals surface area contributed by atoms with Crippen molar-refractivity contribution in [1.29, 1.82) is 0 Å². The number of aryl methyl sites for hydroxylation is 1. The summed E-state index contributed by atoms with van der Waals surface area (Å²) in [5.74, 6) is 0.263. The van der Waals surface area contributed by atoms with E-state index in [0.717, 1.165) is 36.8 Å². The van der Waals surface area contributed by atoms with Crippen molar-refractivity contribution in [2.45, 2.75) is 6.92 Å². The molecule has 2 N–H and O–H groups in total. The van der Waals surface area contributed by atoms with Gasteiger partial charge in [0.25, 0.3) is 5.91 Å². The van der Waals surface area contributed by atoms with Crippen molar-refractivity contribution in [1.82, 2.24) is 9.97 Å². The average molecular weight is 381 g/mol. The van der Waals surface area contributed by atoms with Gasteiger partial charge in [-0.25, -0.2) is 4.98 Å². The van der Waals surface area contributed by atoms with Crippen LogP contribution in [0.25, 0.3) is 31.9 Å². The molecule has 0 aliphatic rings. The zero-order valence-corrected chi connectivity index (χ0v) is 15.8. The van der Waals surface area contributed by atoms with Crippen molar-refractivity contribution in [2.75, 3.05) is 7.11 Å². The first-order chi connectivity index (χ1) is 12.6. The molecule has 0 radical (unpaired) electrons. The first-order valence-electron chi connectivity index (χ1n) is 7.87. The van der Waals surface area contributed by atoms with E-state index in [-0.39, 0.29) is 0 Å². The molecule has 1 aromatic carbocycles. The Morgan fingerprint density at radius 1 is 1.19 bits per heavy atom. The fourth-order valence-corrected chi connectivity index (χ4v) is 4.94. The van der Waals surface area contributed by atoms with Crippen LogP contribution in [-0.4, -0.2) is 23.0 Å². The molecule has 0 unspecified atom stereocenters. The molecular weight excluding hydrogens is 366 g/mol. The Bertz CT molecular complexity index is 1120. The van der Waals surface area contributed by atoms with Gasteiger partial charge in [0, 0.05) is 34.0 Å². The highest BCUT2D eigenvalue weighted by Gasteiger charge is 2.20. The molecule has 0 aliphatic heterocycles. The van der Waals surface area contributed by atoms with Gasteiger partial charge in [-0.05, 0) is 31.2 Å². The number of benzene rings is 1. The van der Waals surface area contributed by atoms with Crippen LogP contribution < -0.4 is 10.5 Å². The normalized spacial score (nSPS) is 11.0. The van der Waals surface area contributed by atoms with Gasteiger partial charge >= 0.3 is 0 Å². The fourth-order valence-electron chi connectivity index (χ4n) is 2.87. The number of nitrogens with two attached hydrogens (primary N) is 1. The van der Waals surface area contributed by atoms with E-state index in [0.29, 0.717) is 10.6 Å². The molecular formula is C19H15N3O2S2. The van der Waals surface area contributed by atoms with Crippen molar-refractivity contribution in [2.24, 2.45) is 5.73 Å². The lowest BCUT2D eigenvalue weighted by Crippen LogP contribution is -2.09. The Morgan fingerprint density at radius 3 is 2.73 bits per heavy atom. The number of pyridine rings is 1. The van der Waals surface area contributed by atoms with Crippen LogP contribution >= 0.6 is 22.7 Å². The minimum atomic E-state index is -0.434. The number of hydrogen-bond donors (Lipinski definition) is 1. The van der Waals surface area contributed by atoms with Gasteiger partial charge in [0.2, 0.25) is 0 Å². The van der Waals surface area contributed by atoms with Crippen LogP contribution in [0.15, 0.2) is 42.7 Å². The second-order valence-corrected chi connectivity index (χ2v) is 7.97. The van der Waals surface area contributed by atoms with Crippen LogP contribution in [0.4, 0.5) is 0 Å². The predicted octanol–water partition coefficient (Wildman–Crippen LogP) is 4.50. The van der Waals surface area contributed by atoms with Crippen LogP contribution in [0.1, 0.15) is 14.5 Å². The van der Waals surface area contributed by atoms with Crippen LogP contribution in [0.2, 0.25) is 0 Å². The van der Waals surface area contributed by atoms with Crippen molar-refractivity contribution >= 4 is 38.8 Å². The average Bonchev–Trinajstić information content (AvgIpc) is 3.25. The summed E-state index contributed by atoms with van der Waals surface area (Å²) in [7, 11) is 1.63. The lowest BCUT2D eigenvalue weighted by atomic mass is 10.1.